The second kappa shape index (κ2) is 3.98. The topological polar surface area (TPSA) is 46.5 Å². The highest BCUT2D eigenvalue weighted by Gasteiger charge is 2.12. The summed E-state index contributed by atoms with van der Waals surface area (Å²) in [5, 5.41) is 4.45. The zero-order chi connectivity index (χ0) is 12.7. The molecule has 1 aromatic carbocycles. The molecule has 0 bridgehead atoms. The Balaban J connectivity index is 2.18. The van der Waals surface area contributed by atoms with Crippen molar-refractivity contribution >= 4 is 11.0 Å². The van der Waals surface area contributed by atoms with E-state index in [1.54, 1.807) is 0 Å². The highest BCUT2D eigenvalue weighted by molar-refractivity contribution is 5.80. The maximum Gasteiger partial charge on any atom is 0.141 e. The molecular formula is C14H16N4. The second-order valence-corrected chi connectivity index (χ2v) is 4.62. The summed E-state index contributed by atoms with van der Waals surface area (Å²) in [4.78, 5) is 8.01. The van der Waals surface area contributed by atoms with Crippen LogP contribution in [0.25, 0.3) is 22.4 Å². The number of aromatic amines is 1. The van der Waals surface area contributed by atoms with Gasteiger partial charge in [0.05, 0.1) is 22.3 Å². The summed E-state index contributed by atoms with van der Waals surface area (Å²) in [6.07, 6.45) is 2.93. The Bertz CT molecular complexity index is 706. The van der Waals surface area contributed by atoms with Crippen LogP contribution in [0.15, 0.2) is 24.4 Å². The van der Waals surface area contributed by atoms with Crippen LogP contribution in [0.2, 0.25) is 0 Å². The number of nitrogens with zero attached hydrogens (tertiary/aromatic N) is 3. The maximum atomic E-state index is 4.64. The van der Waals surface area contributed by atoms with Gasteiger partial charge in [0.2, 0.25) is 0 Å². The minimum atomic E-state index is 0.903. The van der Waals surface area contributed by atoms with Gasteiger partial charge in [-0.2, -0.15) is 5.10 Å². The number of rotatable bonds is 2. The molecule has 2 heterocycles. The molecule has 4 heteroatoms. The third kappa shape index (κ3) is 1.70. The molecule has 0 saturated carbocycles. The first kappa shape index (κ1) is 11.0. The maximum absolute atomic E-state index is 4.64. The van der Waals surface area contributed by atoms with E-state index in [2.05, 4.69) is 41.0 Å². The number of fused-ring (bicyclic) bond motifs is 1. The number of nitrogens with one attached hydrogen (secondary N) is 1. The largest absolute Gasteiger partial charge is 0.338 e. The van der Waals surface area contributed by atoms with Crippen molar-refractivity contribution in [3.8, 4) is 11.4 Å². The third-order valence-electron chi connectivity index (χ3n) is 3.13. The summed E-state index contributed by atoms with van der Waals surface area (Å²) in [5.41, 5.74) is 5.49. The van der Waals surface area contributed by atoms with Crippen molar-refractivity contribution in [2.75, 3.05) is 0 Å². The van der Waals surface area contributed by atoms with E-state index in [1.807, 2.05) is 24.0 Å². The van der Waals surface area contributed by atoms with Gasteiger partial charge in [-0.25, -0.2) is 4.98 Å². The van der Waals surface area contributed by atoms with Gasteiger partial charge in [0.1, 0.15) is 5.82 Å². The molecular weight excluding hydrogens is 224 g/mol. The van der Waals surface area contributed by atoms with Crippen LogP contribution in [0.1, 0.15) is 18.2 Å². The molecule has 4 nitrogen and oxygen atoms in total. The van der Waals surface area contributed by atoms with Crippen molar-refractivity contribution in [3.63, 3.8) is 0 Å². The number of aromatic nitrogens is 4. The molecule has 0 saturated heterocycles. The Kier molecular flexibility index (Phi) is 2.44. The SMILES string of the molecule is CCc1nn(C)cc1-c1nc2ccc(C)cc2[nH]1. The van der Waals surface area contributed by atoms with Crippen molar-refractivity contribution in [1.82, 2.24) is 19.7 Å². The first-order valence-corrected chi connectivity index (χ1v) is 6.16. The van der Waals surface area contributed by atoms with Gasteiger partial charge in [-0.1, -0.05) is 13.0 Å². The lowest BCUT2D eigenvalue weighted by atomic mass is 10.2. The van der Waals surface area contributed by atoms with Crippen molar-refractivity contribution in [2.45, 2.75) is 20.3 Å². The van der Waals surface area contributed by atoms with E-state index in [9.17, 15) is 0 Å². The summed E-state index contributed by atoms with van der Waals surface area (Å²) < 4.78 is 1.84. The van der Waals surface area contributed by atoms with Crippen LogP contribution in [-0.4, -0.2) is 19.7 Å². The van der Waals surface area contributed by atoms with E-state index in [1.165, 1.54) is 5.56 Å². The molecule has 92 valence electrons. The van der Waals surface area contributed by atoms with Crippen molar-refractivity contribution in [2.24, 2.45) is 7.05 Å². The Hall–Kier alpha value is -2.10. The summed E-state index contributed by atoms with van der Waals surface area (Å²) in [7, 11) is 1.94. The molecule has 0 unspecified atom stereocenters. The third-order valence-corrected chi connectivity index (χ3v) is 3.13. The van der Waals surface area contributed by atoms with Gasteiger partial charge in [-0.3, -0.25) is 4.68 Å². The Labute approximate surface area is 106 Å². The molecule has 2 aromatic heterocycles. The fourth-order valence-corrected chi connectivity index (χ4v) is 2.24. The van der Waals surface area contributed by atoms with Crippen molar-refractivity contribution in [1.29, 1.82) is 0 Å². The van der Waals surface area contributed by atoms with Gasteiger partial charge < -0.3 is 4.98 Å². The van der Waals surface area contributed by atoms with Gasteiger partial charge in [0, 0.05) is 13.2 Å². The summed E-state index contributed by atoms with van der Waals surface area (Å²) in [5.74, 6) is 0.903. The van der Waals surface area contributed by atoms with E-state index >= 15 is 0 Å². The monoisotopic (exact) mass is 240 g/mol. The standard InChI is InChI=1S/C14H16N4/c1-4-11-10(8-18(3)17-11)14-15-12-6-5-9(2)7-13(12)16-14/h5-8H,4H2,1-3H3,(H,15,16). The molecule has 0 spiro atoms. The predicted molar refractivity (Wildman–Crippen MR) is 72.4 cm³/mol. The highest BCUT2D eigenvalue weighted by Crippen LogP contribution is 2.23. The van der Waals surface area contributed by atoms with Crippen LogP contribution in [0.4, 0.5) is 0 Å². The Morgan fingerprint density at radius 1 is 1.33 bits per heavy atom. The highest BCUT2D eigenvalue weighted by atomic mass is 15.3. The number of imidazole rings is 1. The van der Waals surface area contributed by atoms with Crippen LogP contribution in [0.5, 0.6) is 0 Å². The zero-order valence-corrected chi connectivity index (χ0v) is 10.9. The Morgan fingerprint density at radius 3 is 2.94 bits per heavy atom. The lowest BCUT2D eigenvalue weighted by Crippen LogP contribution is -1.89. The first-order chi connectivity index (χ1) is 8.67. The number of hydrogen-bond acceptors (Lipinski definition) is 2. The molecule has 0 aliphatic carbocycles. The van der Waals surface area contributed by atoms with Crippen molar-refractivity contribution < 1.29 is 0 Å². The average molecular weight is 240 g/mol. The van der Waals surface area contributed by atoms with E-state index in [-0.39, 0.29) is 0 Å². The lowest BCUT2D eigenvalue weighted by molar-refractivity contribution is 0.746. The van der Waals surface area contributed by atoms with Crippen LogP contribution >= 0.6 is 0 Å². The average Bonchev–Trinajstić information content (AvgIpc) is 2.91. The fraction of sp³-hybridized carbons (Fsp3) is 0.286. The number of aryl methyl sites for hydroxylation is 3. The van der Waals surface area contributed by atoms with Gasteiger partial charge in [-0.05, 0) is 31.0 Å². The minimum Gasteiger partial charge on any atom is -0.338 e. The van der Waals surface area contributed by atoms with Crippen molar-refractivity contribution in [3.05, 3.63) is 35.7 Å². The molecule has 0 radical (unpaired) electrons. The molecule has 0 aliphatic heterocycles. The van der Waals surface area contributed by atoms with Crippen LogP contribution in [0, 0.1) is 6.92 Å². The molecule has 0 aliphatic rings. The number of H-pyrrole nitrogens is 1. The first-order valence-electron chi connectivity index (χ1n) is 6.16. The number of hydrogen-bond donors (Lipinski definition) is 1. The van der Waals surface area contributed by atoms with Gasteiger partial charge >= 0.3 is 0 Å². The van der Waals surface area contributed by atoms with Crippen LogP contribution in [-0.2, 0) is 13.5 Å². The minimum absolute atomic E-state index is 0.903. The fourth-order valence-electron chi connectivity index (χ4n) is 2.24. The van der Waals surface area contributed by atoms with Gasteiger partial charge in [0.15, 0.2) is 0 Å². The predicted octanol–water partition coefficient (Wildman–Crippen LogP) is 2.83. The van der Waals surface area contributed by atoms with E-state index < -0.39 is 0 Å². The quantitative estimate of drug-likeness (QED) is 0.748. The van der Waals surface area contributed by atoms with Crippen LogP contribution in [0.3, 0.4) is 0 Å². The molecule has 0 atom stereocenters. The van der Waals surface area contributed by atoms with Gasteiger partial charge in [0.25, 0.3) is 0 Å². The molecule has 0 fully saturated rings. The van der Waals surface area contributed by atoms with Gasteiger partial charge in [-0.15, -0.1) is 0 Å². The van der Waals surface area contributed by atoms with E-state index in [4.69, 9.17) is 0 Å². The normalized spacial score (nSPS) is 11.3. The molecule has 18 heavy (non-hydrogen) atoms. The molecule has 3 aromatic rings. The number of benzene rings is 1. The summed E-state index contributed by atoms with van der Waals surface area (Å²) >= 11 is 0. The summed E-state index contributed by atoms with van der Waals surface area (Å²) in [6, 6.07) is 6.25. The Morgan fingerprint density at radius 2 is 2.17 bits per heavy atom. The van der Waals surface area contributed by atoms with Crippen LogP contribution < -0.4 is 0 Å². The molecule has 0 amide bonds. The lowest BCUT2D eigenvalue weighted by Gasteiger charge is -1.93. The zero-order valence-electron chi connectivity index (χ0n) is 10.9. The summed E-state index contributed by atoms with van der Waals surface area (Å²) in [6.45, 7) is 4.19. The molecule has 3 rings (SSSR count). The van der Waals surface area contributed by atoms with E-state index in [0.29, 0.717) is 0 Å². The second-order valence-electron chi connectivity index (χ2n) is 4.62. The molecule has 1 N–H and O–H groups in total. The van der Waals surface area contributed by atoms with E-state index in [0.717, 1.165) is 34.5 Å². The smallest absolute Gasteiger partial charge is 0.141 e.